The average molecular weight is 475 g/mol. The number of anilines is 2. The summed E-state index contributed by atoms with van der Waals surface area (Å²) in [6, 6.07) is 23.7. The van der Waals surface area contributed by atoms with Crippen LogP contribution in [0.15, 0.2) is 83.8 Å². The van der Waals surface area contributed by atoms with Gasteiger partial charge in [0, 0.05) is 22.2 Å². The highest BCUT2D eigenvalue weighted by molar-refractivity contribution is 8.00. The van der Waals surface area contributed by atoms with Gasteiger partial charge >= 0.3 is 5.97 Å². The minimum Gasteiger partial charge on any atom is -0.462 e. The number of amides is 2. The average Bonchev–Trinajstić information content (AvgIpc) is 3.70. The van der Waals surface area contributed by atoms with Gasteiger partial charge in [-0.3, -0.25) is 9.59 Å². The summed E-state index contributed by atoms with van der Waals surface area (Å²) in [6.07, 6.45) is 1.92. The first-order chi connectivity index (χ1) is 16.5. The van der Waals surface area contributed by atoms with Crippen molar-refractivity contribution in [2.45, 2.75) is 29.9 Å². The molecule has 174 valence electrons. The van der Waals surface area contributed by atoms with E-state index in [1.165, 1.54) is 11.8 Å². The highest BCUT2D eigenvalue weighted by Crippen LogP contribution is 2.37. The minimum atomic E-state index is -0.488. The molecule has 3 aromatic rings. The number of thioether (sulfide) groups is 1. The Bertz CT molecular complexity index is 1140. The summed E-state index contributed by atoms with van der Waals surface area (Å²) in [5.74, 6) is -0.358. The molecule has 6 nitrogen and oxygen atoms in total. The van der Waals surface area contributed by atoms with Crippen molar-refractivity contribution >= 4 is 40.9 Å². The van der Waals surface area contributed by atoms with E-state index in [4.69, 9.17) is 4.74 Å². The van der Waals surface area contributed by atoms with E-state index in [-0.39, 0.29) is 17.7 Å². The SMILES string of the molecule is CCOC(=O)c1ccc(NC(=O)C(Sc2ccc(NC(=O)C3CC3)cc2)c2ccccc2)cc1. The normalized spacial score (nSPS) is 13.6. The van der Waals surface area contributed by atoms with E-state index in [0.29, 0.717) is 17.9 Å². The lowest BCUT2D eigenvalue weighted by molar-refractivity contribution is -0.117. The van der Waals surface area contributed by atoms with Gasteiger partial charge in [-0.05, 0) is 73.9 Å². The molecule has 0 radical (unpaired) electrons. The molecule has 1 aliphatic carbocycles. The molecule has 3 aromatic carbocycles. The Morgan fingerprint density at radius 3 is 2.12 bits per heavy atom. The van der Waals surface area contributed by atoms with Crippen LogP contribution < -0.4 is 10.6 Å². The number of rotatable bonds is 9. The quantitative estimate of drug-likeness (QED) is 0.308. The zero-order chi connectivity index (χ0) is 23.9. The smallest absolute Gasteiger partial charge is 0.338 e. The molecule has 7 heteroatoms. The fraction of sp³-hybridized carbons (Fsp3) is 0.222. The topological polar surface area (TPSA) is 84.5 Å². The van der Waals surface area contributed by atoms with E-state index in [1.54, 1.807) is 31.2 Å². The zero-order valence-electron chi connectivity index (χ0n) is 18.8. The molecule has 0 aliphatic heterocycles. The Labute approximate surface area is 203 Å². The van der Waals surface area contributed by atoms with E-state index >= 15 is 0 Å². The van der Waals surface area contributed by atoms with Crippen molar-refractivity contribution in [2.75, 3.05) is 17.2 Å². The Kier molecular flexibility index (Phi) is 7.65. The number of carbonyl (C=O) groups is 3. The largest absolute Gasteiger partial charge is 0.462 e. The van der Waals surface area contributed by atoms with Crippen LogP contribution in [0.4, 0.5) is 11.4 Å². The lowest BCUT2D eigenvalue weighted by atomic mass is 10.1. The Balaban J connectivity index is 1.46. The highest BCUT2D eigenvalue weighted by atomic mass is 32.2. The van der Waals surface area contributed by atoms with Crippen molar-refractivity contribution in [3.8, 4) is 0 Å². The van der Waals surface area contributed by atoms with Crippen LogP contribution >= 0.6 is 11.8 Å². The van der Waals surface area contributed by atoms with Crippen LogP contribution in [0.1, 0.15) is 40.9 Å². The molecule has 2 amide bonds. The summed E-state index contributed by atoms with van der Waals surface area (Å²) in [7, 11) is 0. The van der Waals surface area contributed by atoms with E-state index in [0.717, 1.165) is 29.0 Å². The summed E-state index contributed by atoms with van der Waals surface area (Å²) in [6.45, 7) is 2.06. The molecular formula is C27H26N2O4S. The van der Waals surface area contributed by atoms with E-state index in [1.807, 2.05) is 54.6 Å². The third kappa shape index (κ3) is 6.26. The monoisotopic (exact) mass is 474 g/mol. The Morgan fingerprint density at radius 2 is 1.50 bits per heavy atom. The summed E-state index contributed by atoms with van der Waals surface area (Å²) < 4.78 is 5.00. The van der Waals surface area contributed by atoms with Crippen LogP contribution in [-0.2, 0) is 14.3 Å². The predicted octanol–water partition coefficient (Wildman–Crippen LogP) is 5.68. The van der Waals surface area contributed by atoms with E-state index < -0.39 is 11.2 Å². The second-order valence-electron chi connectivity index (χ2n) is 7.98. The zero-order valence-corrected chi connectivity index (χ0v) is 19.6. The highest BCUT2D eigenvalue weighted by Gasteiger charge is 2.29. The summed E-state index contributed by atoms with van der Waals surface area (Å²) >= 11 is 1.43. The van der Waals surface area contributed by atoms with Gasteiger partial charge in [0.1, 0.15) is 5.25 Å². The molecule has 0 aromatic heterocycles. The lowest BCUT2D eigenvalue weighted by Gasteiger charge is -2.17. The first-order valence-electron chi connectivity index (χ1n) is 11.2. The molecule has 1 saturated carbocycles. The van der Waals surface area contributed by atoms with Crippen LogP contribution in [0.25, 0.3) is 0 Å². The summed E-state index contributed by atoms with van der Waals surface area (Å²) in [5, 5.41) is 5.39. The number of esters is 1. The third-order valence-corrected chi connectivity index (χ3v) is 6.59. The van der Waals surface area contributed by atoms with Crippen LogP contribution in [0.3, 0.4) is 0 Å². The molecule has 4 rings (SSSR count). The Morgan fingerprint density at radius 1 is 0.882 bits per heavy atom. The fourth-order valence-corrected chi connectivity index (χ4v) is 4.38. The van der Waals surface area contributed by atoms with Gasteiger partial charge in [0.15, 0.2) is 0 Å². The van der Waals surface area contributed by atoms with Crippen molar-refractivity contribution < 1.29 is 19.1 Å². The molecule has 0 heterocycles. The van der Waals surface area contributed by atoms with Crippen LogP contribution in [0, 0.1) is 5.92 Å². The molecule has 0 bridgehead atoms. The lowest BCUT2D eigenvalue weighted by Crippen LogP contribution is -2.19. The van der Waals surface area contributed by atoms with Gasteiger partial charge in [-0.25, -0.2) is 4.79 Å². The van der Waals surface area contributed by atoms with E-state index in [2.05, 4.69) is 10.6 Å². The first kappa shape index (κ1) is 23.6. The van der Waals surface area contributed by atoms with Gasteiger partial charge < -0.3 is 15.4 Å². The van der Waals surface area contributed by atoms with Crippen molar-refractivity contribution in [3.05, 3.63) is 90.0 Å². The van der Waals surface area contributed by atoms with Crippen molar-refractivity contribution in [1.29, 1.82) is 0 Å². The summed E-state index contributed by atoms with van der Waals surface area (Å²) in [5.41, 5.74) is 2.66. The minimum absolute atomic E-state index is 0.0657. The number of hydrogen-bond acceptors (Lipinski definition) is 5. The number of ether oxygens (including phenoxy) is 1. The molecule has 1 fully saturated rings. The van der Waals surface area contributed by atoms with Gasteiger partial charge in [-0.2, -0.15) is 0 Å². The van der Waals surface area contributed by atoms with Gasteiger partial charge in [0.2, 0.25) is 11.8 Å². The maximum Gasteiger partial charge on any atom is 0.338 e. The second-order valence-corrected chi connectivity index (χ2v) is 9.16. The number of benzene rings is 3. The van der Waals surface area contributed by atoms with Crippen molar-refractivity contribution in [3.63, 3.8) is 0 Å². The molecule has 1 unspecified atom stereocenters. The molecule has 0 saturated heterocycles. The molecular weight excluding hydrogens is 448 g/mol. The molecule has 0 spiro atoms. The number of hydrogen-bond donors (Lipinski definition) is 2. The fourth-order valence-electron chi connectivity index (χ4n) is 3.36. The number of carbonyl (C=O) groups excluding carboxylic acids is 3. The second kappa shape index (κ2) is 11.0. The van der Waals surface area contributed by atoms with E-state index in [9.17, 15) is 14.4 Å². The van der Waals surface area contributed by atoms with Gasteiger partial charge in [-0.1, -0.05) is 30.3 Å². The van der Waals surface area contributed by atoms with Gasteiger partial charge in [0.05, 0.1) is 12.2 Å². The summed E-state index contributed by atoms with van der Waals surface area (Å²) in [4.78, 5) is 38.0. The maximum absolute atomic E-state index is 13.3. The third-order valence-electron chi connectivity index (χ3n) is 5.33. The molecule has 1 aliphatic rings. The molecule has 1 atom stereocenters. The first-order valence-corrected chi connectivity index (χ1v) is 12.1. The standard InChI is InChI=1S/C27H26N2O4S/c1-2-33-27(32)20-10-12-21(13-11-20)29-26(31)24(18-6-4-3-5-7-18)34-23-16-14-22(15-17-23)28-25(30)19-8-9-19/h3-7,10-17,19,24H,2,8-9H2,1H3,(H,28,30)(H,29,31). The van der Waals surface area contributed by atoms with Crippen LogP contribution in [0.5, 0.6) is 0 Å². The van der Waals surface area contributed by atoms with Gasteiger partial charge in [0.25, 0.3) is 0 Å². The van der Waals surface area contributed by atoms with Crippen molar-refractivity contribution in [2.24, 2.45) is 5.92 Å². The Hall–Kier alpha value is -3.58. The van der Waals surface area contributed by atoms with Crippen LogP contribution in [0.2, 0.25) is 0 Å². The van der Waals surface area contributed by atoms with Gasteiger partial charge in [-0.15, -0.1) is 11.8 Å². The number of nitrogens with one attached hydrogen (secondary N) is 2. The van der Waals surface area contributed by atoms with Crippen LogP contribution in [-0.4, -0.2) is 24.4 Å². The van der Waals surface area contributed by atoms with Crippen molar-refractivity contribution in [1.82, 2.24) is 0 Å². The predicted molar refractivity (Wildman–Crippen MR) is 134 cm³/mol. The maximum atomic E-state index is 13.3. The molecule has 2 N–H and O–H groups in total. The molecule has 34 heavy (non-hydrogen) atoms.